The van der Waals surface area contributed by atoms with Gasteiger partial charge in [0, 0.05) is 0 Å². The number of benzene rings is 2. The van der Waals surface area contributed by atoms with E-state index in [9.17, 15) is 14.7 Å². The molecule has 0 spiro atoms. The molecule has 5 nitrogen and oxygen atoms in total. The molecule has 0 unspecified atom stereocenters. The van der Waals surface area contributed by atoms with Crippen molar-refractivity contribution in [2.45, 2.75) is 58.3 Å². The first-order valence-electron chi connectivity index (χ1n) is 10.3. The maximum atomic E-state index is 11.7. The molecule has 2 N–H and O–H groups in total. The Bertz CT molecular complexity index is 795. The molecule has 0 aliphatic rings. The van der Waals surface area contributed by atoms with Crippen LogP contribution in [-0.2, 0) is 11.2 Å². The van der Waals surface area contributed by atoms with Crippen LogP contribution in [0.5, 0.6) is 5.75 Å². The lowest BCUT2D eigenvalue weighted by atomic mass is 10.0. The molecule has 0 atom stereocenters. The van der Waals surface area contributed by atoms with E-state index >= 15 is 0 Å². The van der Waals surface area contributed by atoms with Gasteiger partial charge >= 0.3 is 11.9 Å². The normalized spacial score (nSPS) is 10.7. The zero-order valence-electron chi connectivity index (χ0n) is 17.0. The minimum Gasteiger partial charge on any atom is -0.493 e. The molecule has 0 aliphatic carbocycles. The number of rotatable bonds is 13. The van der Waals surface area contributed by atoms with Crippen LogP contribution in [0.25, 0.3) is 11.1 Å². The van der Waals surface area contributed by atoms with E-state index in [-0.39, 0.29) is 12.0 Å². The number of hydrogen-bond acceptors (Lipinski definition) is 3. The molecule has 156 valence electrons. The number of ether oxygens (including phenoxy) is 1. The standard InChI is InChI=1S/C24H30O5/c1-2-3-4-5-6-7-8-15-29-22-14-13-20(17-21(22)24(27)28)19-11-9-18(10-12-19)16-23(25)26/h9-14,17H,2-8,15-16H2,1H3,(H,25,26)(H,27,28). The SMILES string of the molecule is CCCCCCCCCOc1ccc(-c2ccc(CC(=O)O)cc2)cc1C(=O)O. The second-order valence-corrected chi connectivity index (χ2v) is 7.25. The van der Waals surface area contributed by atoms with Gasteiger partial charge in [0.15, 0.2) is 0 Å². The highest BCUT2D eigenvalue weighted by Crippen LogP contribution is 2.27. The summed E-state index contributed by atoms with van der Waals surface area (Å²) in [6.45, 7) is 2.71. The largest absolute Gasteiger partial charge is 0.493 e. The Hall–Kier alpha value is -2.82. The molecule has 0 saturated heterocycles. The molecule has 0 bridgehead atoms. The van der Waals surface area contributed by atoms with Crippen molar-refractivity contribution < 1.29 is 24.5 Å². The summed E-state index contributed by atoms with van der Waals surface area (Å²) >= 11 is 0. The van der Waals surface area contributed by atoms with Crippen LogP contribution in [0.4, 0.5) is 0 Å². The Kier molecular flexibility index (Phi) is 9.22. The fraction of sp³-hybridized carbons (Fsp3) is 0.417. The highest BCUT2D eigenvalue weighted by molar-refractivity contribution is 5.92. The van der Waals surface area contributed by atoms with Crippen molar-refractivity contribution in [1.82, 2.24) is 0 Å². The Labute approximate surface area is 172 Å². The predicted molar refractivity (Wildman–Crippen MR) is 114 cm³/mol. The van der Waals surface area contributed by atoms with Gasteiger partial charge in [-0.3, -0.25) is 4.79 Å². The van der Waals surface area contributed by atoms with Crippen LogP contribution in [0.1, 0.15) is 67.8 Å². The molecule has 5 heteroatoms. The third kappa shape index (κ3) is 7.60. The van der Waals surface area contributed by atoms with Crippen molar-refractivity contribution in [1.29, 1.82) is 0 Å². The smallest absolute Gasteiger partial charge is 0.339 e. The van der Waals surface area contributed by atoms with Gasteiger partial charge in [-0.05, 0) is 35.2 Å². The number of aromatic carboxylic acids is 1. The van der Waals surface area contributed by atoms with E-state index in [1.807, 2.05) is 6.07 Å². The van der Waals surface area contributed by atoms with E-state index in [1.54, 1.807) is 36.4 Å². The molecule has 2 aromatic rings. The zero-order valence-corrected chi connectivity index (χ0v) is 17.0. The second kappa shape index (κ2) is 11.9. The van der Waals surface area contributed by atoms with E-state index in [0.29, 0.717) is 17.9 Å². The van der Waals surface area contributed by atoms with Gasteiger partial charge < -0.3 is 14.9 Å². The average Bonchev–Trinajstić information content (AvgIpc) is 2.70. The van der Waals surface area contributed by atoms with Crippen molar-refractivity contribution >= 4 is 11.9 Å². The summed E-state index contributed by atoms with van der Waals surface area (Å²) in [5.41, 5.74) is 2.43. The van der Waals surface area contributed by atoms with E-state index in [0.717, 1.165) is 24.0 Å². The van der Waals surface area contributed by atoms with Crippen molar-refractivity contribution in [3.8, 4) is 16.9 Å². The van der Waals surface area contributed by atoms with Crippen LogP contribution < -0.4 is 4.74 Å². The lowest BCUT2D eigenvalue weighted by Crippen LogP contribution is -2.05. The summed E-state index contributed by atoms with van der Waals surface area (Å²) in [5.74, 6) is -1.52. The van der Waals surface area contributed by atoms with Gasteiger partial charge in [-0.25, -0.2) is 4.79 Å². The summed E-state index contributed by atoms with van der Waals surface area (Å²) in [5, 5.41) is 18.4. The Morgan fingerprint density at radius 1 is 0.828 bits per heavy atom. The number of carboxylic acid groups (broad SMARTS) is 2. The molecule has 2 rings (SSSR count). The summed E-state index contributed by atoms with van der Waals surface area (Å²) in [7, 11) is 0. The summed E-state index contributed by atoms with van der Waals surface area (Å²) in [6.07, 6.45) is 8.20. The van der Waals surface area contributed by atoms with Gasteiger partial charge in [0.05, 0.1) is 13.0 Å². The fourth-order valence-electron chi connectivity index (χ4n) is 3.23. The molecule has 0 saturated carbocycles. The monoisotopic (exact) mass is 398 g/mol. The van der Waals surface area contributed by atoms with Crippen molar-refractivity contribution in [3.63, 3.8) is 0 Å². The van der Waals surface area contributed by atoms with Gasteiger partial charge in [0.25, 0.3) is 0 Å². The topological polar surface area (TPSA) is 83.8 Å². The van der Waals surface area contributed by atoms with Crippen molar-refractivity contribution in [2.75, 3.05) is 6.61 Å². The first-order valence-corrected chi connectivity index (χ1v) is 10.3. The molecular weight excluding hydrogens is 368 g/mol. The van der Waals surface area contributed by atoms with E-state index in [2.05, 4.69) is 6.92 Å². The number of carboxylic acids is 2. The lowest BCUT2D eigenvalue weighted by Gasteiger charge is -2.11. The van der Waals surface area contributed by atoms with Crippen LogP contribution in [0, 0.1) is 0 Å². The van der Waals surface area contributed by atoms with Gasteiger partial charge in [-0.15, -0.1) is 0 Å². The first-order chi connectivity index (χ1) is 14.0. The summed E-state index contributed by atoms with van der Waals surface area (Å²) in [6, 6.07) is 12.2. The van der Waals surface area contributed by atoms with Crippen LogP contribution >= 0.6 is 0 Å². The molecule has 0 heterocycles. The van der Waals surface area contributed by atoms with Crippen LogP contribution in [0.3, 0.4) is 0 Å². The van der Waals surface area contributed by atoms with Crippen LogP contribution in [-0.4, -0.2) is 28.8 Å². The number of hydrogen-bond donors (Lipinski definition) is 2. The maximum absolute atomic E-state index is 11.7. The second-order valence-electron chi connectivity index (χ2n) is 7.25. The van der Waals surface area contributed by atoms with Crippen molar-refractivity contribution in [3.05, 3.63) is 53.6 Å². The van der Waals surface area contributed by atoms with Crippen LogP contribution in [0.2, 0.25) is 0 Å². The highest BCUT2D eigenvalue weighted by atomic mass is 16.5. The summed E-state index contributed by atoms with van der Waals surface area (Å²) < 4.78 is 5.73. The van der Waals surface area contributed by atoms with E-state index in [1.165, 1.54) is 32.1 Å². The van der Waals surface area contributed by atoms with Gasteiger partial charge in [-0.1, -0.05) is 75.8 Å². The quantitative estimate of drug-likeness (QED) is 0.416. The number of aliphatic carboxylic acids is 1. The van der Waals surface area contributed by atoms with Gasteiger partial charge in [0.2, 0.25) is 0 Å². The summed E-state index contributed by atoms with van der Waals surface area (Å²) in [4.78, 5) is 22.5. The van der Waals surface area contributed by atoms with Gasteiger partial charge in [0.1, 0.15) is 11.3 Å². The lowest BCUT2D eigenvalue weighted by molar-refractivity contribution is -0.136. The molecular formula is C24H30O5. The van der Waals surface area contributed by atoms with E-state index < -0.39 is 11.9 Å². The minimum atomic E-state index is -1.02. The Morgan fingerprint density at radius 2 is 1.45 bits per heavy atom. The van der Waals surface area contributed by atoms with Crippen molar-refractivity contribution in [2.24, 2.45) is 0 Å². The molecule has 0 radical (unpaired) electrons. The fourth-order valence-corrected chi connectivity index (χ4v) is 3.23. The Morgan fingerprint density at radius 3 is 2.07 bits per heavy atom. The average molecular weight is 398 g/mol. The molecule has 0 aromatic heterocycles. The predicted octanol–water partition coefficient (Wildman–Crippen LogP) is 5.81. The van der Waals surface area contributed by atoms with Gasteiger partial charge in [-0.2, -0.15) is 0 Å². The number of carbonyl (C=O) groups is 2. The minimum absolute atomic E-state index is 0.0357. The molecule has 0 aliphatic heterocycles. The molecule has 0 amide bonds. The third-order valence-electron chi connectivity index (χ3n) is 4.86. The first kappa shape index (κ1) is 22.5. The molecule has 2 aromatic carbocycles. The molecule has 0 fully saturated rings. The Balaban J connectivity index is 1.96. The molecule has 29 heavy (non-hydrogen) atoms. The highest BCUT2D eigenvalue weighted by Gasteiger charge is 2.13. The van der Waals surface area contributed by atoms with E-state index in [4.69, 9.17) is 9.84 Å². The van der Waals surface area contributed by atoms with Crippen LogP contribution in [0.15, 0.2) is 42.5 Å². The zero-order chi connectivity index (χ0) is 21.1. The third-order valence-corrected chi connectivity index (χ3v) is 4.86. The maximum Gasteiger partial charge on any atom is 0.339 e. The number of unbranched alkanes of at least 4 members (excludes halogenated alkanes) is 6.